The topological polar surface area (TPSA) is 64.8 Å². The molecule has 21 heavy (non-hydrogen) atoms. The summed E-state index contributed by atoms with van der Waals surface area (Å²) in [5.41, 5.74) is 5.63. The number of hydrogen-bond donors (Lipinski definition) is 1. The lowest BCUT2D eigenvalue weighted by molar-refractivity contribution is -0.130. The molecule has 0 radical (unpaired) electrons. The summed E-state index contributed by atoms with van der Waals surface area (Å²) in [5, 5.41) is 0. The Hall–Kier alpha value is -1.46. The fourth-order valence-corrected chi connectivity index (χ4v) is 2.40. The summed E-state index contributed by atoms with van der Waals surface area (Å²) in [7, 11) is 1.60. The summed E-state index contributed by atoms with van der Waals surface area (Å²) in [5.74, 6) is 1.94. The van der Waals surface area contributed by atoms with Crippen LogP contribution in [0.2, 0.25) is 0 Å². The van der Waals surface area contributed by atoms with Gasteiger partial charge in [-0.2, -0.15) is 0 Å². The lowest BCUT2D eigenvalue weighted by atomic mass is 10.1. The Morgan fingerprint density at radius 2 is 2.10 bits per heavy atom. The smallest absolute Gasteiger partial charge is 0.226 e. The number of nitrogens with two attached hydrogens (primary N) is 1. The maximum Gasteiger partial charge on any atom is 0.226 e. The molecule has 1 aromatic carbocycles. The summed E-state index contributed by atoms with van der Waals surface area (Å²) in [6.07, 6.45) is 1.39. The second-order valence-corrected chi connectivity index (χ2v) is 4.98. The van der Waals surface area contributed by atoms with Gasteiger partial charge in [0.1, 0.15) is 0 Å². The molecule has 1 saturated heterocycles. The first kappa shape index (κ1) is 17.6. The zero-order chi connectivity index (χ0) is 14.4. The first-order valence-corrected chi connectivity index (χ1v) is 6.98. The number of carbonyl (C=O) groups excluding carboxylic acids is 1. The molecule has 1 unspecified atom stereocenters. The highest BCUT2D eigenvalue weighted by Crippen LogP contribution is 2.26. The Bertz CT molecular complexity index is 456. The van der Waals surface area contributed by atoms with E-state index in [0.717, 1.165) is 19.5 Å². The van der Waals surface area contributed by atoms with E-state index in [1.807, 2.05) is 29.2 Å². The monoisotopic (exact) mass is 314 g/mol. The summed E-state index contributed by atoms with van der Waals surface area (Å²) >= 11 is 0. The average molecular weight is 315 g/mol. The largest absolute Gasteiger partial charge is 0.493 e. The number of methoxy groups -OCH3 is 1. The van der Waals surface area contributed by atoms with E-state index in [9.17, 15) is 4.79 Å². The average Bonchev–Trinajstić information content (AvgIpc) is 2.96. The van der Waals surface area contributed by atoms with Gasteiger partial charge in [0, 0.05) is 13.1 Å². The van der Waals surface area contributed by atoms with Gasteiger partial charge in [-0.25, -0.2) is 0 Å². The van der Waals surface area contributed by atoms with Gasteiger partial charge in [-0.1, -0.05) is 12.1 Å². The van der Waals surface area contributed by atoms with Crippen LogP contribution in [0.4, 0.5) is 0 Å². The predicted octanol–water partition coefficient (Wildman–Crippen LogP) is 1.69. The van der Waals surface area contributed by atoms with E-state index >= 15 is 0 Å². The van der Waals surface area contributed by atoms with E-state index in [4.69, 9.17) is 15.2 Å². The number of amides is 1. The molecule has 2 N–H and O–H groups in total. The number of benzene rings is 1. The Morgan fingerprint density at radius 1 is 1.38 bits per heavy atom. The molecule has 1 aromatic rings. The highest BCUT2D eigenvalue weighted by atomic mass is 35.5. The van der Waals surface area contributed by atoms with Crippen LogP contribution in [0.1, 0.15) is 12.8 Å². The highest BCUT2D eigenvalue weighted by Gasteiger charge is 2.24. The van der Waals surface area contributed by atoms with E-state index in [1.54, 1.807) is 7.11 Å². The van der Waals surface area contributed by atoms with Crippen molar-refractivity contribution >= 4 is 18.3 Å². The van der Waals surface area contributed by atoms with Gasteiger partial charge in [0.15, 0.2) is 11.5 Å². The van der Waals surface area contributed by atoms with Crippen LogP contribution in [-0.2, 0) is 4.79 Å². The molecule has 1 atom stereocenters. The van der Waals surface area contributed by atoms with Crippen LogP contribution < -0.4 is 15.2 Å². The van der Waals surface area contributed by atoms with Crippen LogP contribution in [0.5, 0.6) is 11.5 Å². The number of carbonyl (C=O) groups is 1. The minimum Gasteiger partial charge on any atom is -0.493 e. The fraction of sp³-hybridized carbons (Fsp3) is 0.533. The molecule has 5 nitrogen and oxygen atoms in total. The molecule has 118 valence electrons. The highest BCUT2D eigenvalue weighted by molar-refractivity contribution is 5.85. The van der Waals surface area contributed by atoms with E-state index in [-0.39, 0.29) is 18.3 Å². The third kappa shape index (κ3) is 4.79. The molecular formula is C15H23ClN2O3. The molecule has 6 heteroatoms. The van der Waals surface area contributed by atoms with Crippen molar-refractivity contribution in [3.05, 3.63) is 24.3 Å². The van der Waals surface area contributed by atoms with Crippen LogP contribution in [-0.4, -0.2) is 44.2 Å². The number of rotatable bonds is 6. The van der Waals surface area contributed by atoms with E-state index in [2.05, 4.69) is 0 Å². The number of ether oxygens (including phenoxy) is 2. The van der Waals surface area contributed by atoms with Crippen molar-refractivity contribution < 1.29 is 14.3 Å². The van der Waals surface area contributed by atoms with Crippen molar-refractivity contribution in [1.82, 2.24) is 4.90 Å². The molecule has 2 rings (SSSR count). The molecule has 0 aromatic heterocycles. The third-order valence-electron chi connectivity index (χ3n) is 3.61. The van der Waals surface area contributed by atoms with Crippen LogP contribution in [0.15, 0.2) is 24.3 Å². The van der Waals surface area contributed by atoms with Gasteiger partial charge in [0.25, 0.3) is 0 Å². The van der Waals surface area contributed by atoms with Crippen molar-refractivity contribution in [2.75, 3.05) is 33.4 Å². The summed E-state index contributed by atoms with van der Waals surface area (Å²) in [4.78, 5) is 13.9. The SMILES string of the molecule is COc1ccccc1OCCC(=O)N1CCC(CN)C1.Cl. The van der Waals surface area contributed by atoms with Crippen molar-refractivity contribution in [3.63, 3.8) is 0 Å². The lowest BCUT2D eigenvalue weighted by Crippen LogP contribution is -2.30. The molecule has 0 saturated carbocycles. The summed E-state index contributed by atoms with van der Waals surface area (Å²) < 4.78 is 10.8. The second kappa shape index (κ2) is 8.74. The quantitative estimate of drug-likeness (QED) is 0.868. The zero-order valence-electron chi connectivity index (χ0n) is 12.3. The van der Waals surface area contributed by atoms with E-state index < -0.39 is 0 Å². The van der Waals surface area contributed by atoms with Gasteiger partial charge >= 0.3 is 0 Å². The van der Waals surface area contributed by atoms with Crippen LogP contribution in [0.25, 0.3) is 0 Å². The molecular weight excluding hydrogens is 292 g/mol. The molecule has 1 amide bonds. The number of likely N-dealkylation sites (tertiary alicyclic amines) is 1. The molecule has 0 bridgehead atoms. The lowest BCUT2D eigenvalue weighted by Gasteiger charge is -2.16. The predicted molar refractivity (Wildman–Crippen MR) is 84.1 cm³/mol. The van der Waals surface area contributed by atoms with Gasteiger partial charge in [-0.05, 0) is 31.0 Å². The number of nitrogens with zero attached hydrogens (tertiary/aromatic N) is 1. The van der Waals surface area contributed by atoms with Gasteiger partial charge in [-0.3, -0.25) is 4.79 Å². The normalized spacial score (nSPS) is 17.2. The van der Waals surface area contributed by atoms with E-state index in [1.165, 1.54) is 0 Å². The second-order valence-electron chi connectivity index (χ2n) is 4.98. The van der Waals surface area contributed by atoms with Crippen LogP contribution in [0, 0.1) is 5.92 Å². The molecule has 1 aliphatic rings. The van der Waals surface area contributed by atoms with Crippen LogP contribution >= 0.6 is 12.4 Å². The molecule has 0 spiro atoms. The molecule has 0 aliphatic carbocycles. The van der Waals surface area contributed by atoms with Gasteiger partial charge < -0.3 is 20.1 Å². The first-order chi connectivity index (χ1) is 9.74. The molecule has 1 fully saturated rings. The minimum atomic E-state index is 0. The number of para-hydroxylation sites is 2. The van der Waals surface area contributed by atoms with Crippen LogP contribution in [0.3, 0.4) is 0 Å². The Kier molecular flexibility index (Phi) is 7.32. The maximum absolute atomic E-state index is 12.0. The van der Waals surface area contributed by atoms with Crippen molar-refractivity contribution in [2.24, 2.45) is 11.7 Å². The standard InChI is InChI=1S/C15H22N2O3.ClH/c1-19-13-4-2-3-5-14(13)20-9-7-15(18)17-8-6-12(10-16)11-17;/h2-5,12H,6-11,16H2,1H3;1H. The van der Waals surface area contributed by atoms with Gasteiger partial charge in [0.2, 0.25) is 5.91 Å². The van der Waals surface area contributed by atoms with Crippen molar-refractivity contribution in [3.8, 4) is 11.5 Å². The first-order valence-electron chi connectivity index (χ1n) is 6.98. The van der Waals surface area contributed by atoms with Gasteiger partial charge in [-0.15, -0.1) is 12.4 Å². The maximum atomic E-state index is 12.0. The Morgan fingerprint density at radius 3 is 2.71 bits per heavy atom. The van der Waals surface area contributed by atoms with Crippen molar-refractivity contribution in [1.29, 1.82) is 0 Å². The van der Waals surface area contributed by atoms with Crippen molar-refractivity contribution in [2.45, 2.75) is 12.8 Å². The summed E-state index contributed by atoms with van der Waals surface area (Å²) in [6, 6.07) is 7.44. The molecule has 1 aliphatic heterocycles. The van der Waals surface area contributed by atoms with E-state index in [0.29, 0.717) is 37.0 Å². The third-order valence-corrected chi connectivity index (χ3v) is 3.61. The number of hydrogen-bond acceptors (Lipinski definition) is 4. The molecule has 1 heterocycles. The Balaban J connectivity index is 0.00000220. The fourth-order valence-electron chi connectivity index (χ4n) is 2.40. The zero-order valence-corrected chi connectivity index (χ0v) is 13.1. The minimum absolute atomic E-state index is 0. The number of halogens is 1. The Labute approximate surface area is 131 Å². The summed E-state index contributed by atoms with van der Waals surface area (Å²) in [6.45, 7) is 2.61. The van der Waals surface area contributed by atoms with Gasteiger partial charge in [0.05, 0.1) is 20.1 Å².